The maximum atomic E-state index is 12.7. The summed E-state index contributed by atoms with van der Waals surface area (Å²) in [6.45, 7) is 0.632. The second-order valence-corrected chi connectivity index (χ2v) is 9.57. The highest BCUT2D eigenvalue weighted by Crippen LogP contribution is 2.44. The molecule has 8 nitrogen and oxygen atoms in total. The topological polar surface area (TPSA) is 109 Å². The zero-order valence-electron chi connectivity index (χ0n) is 19.0. The Hall–Kier alpha value is -3.72. The number of hydrogen-bond acceptors (Lipinski definition) is 6. The first-order chi connectivity index (χ1) is 17.0. The first-order valence-electron chi connectivity index (χ1n) is 11.6. The van der Waals surface area contributed by atoms with Crippen molar-refractivity contribution < 1.29 is 24.2 Å². The number of carboxylic acids is 1. The summed E-state index contributed by atoms with van der Waals surface area (Å²) in [7, 11) is 0. The van der Waals surface area contributed by atoms with Crippen LogP contribution in [0.15, 0.2) is 53.9 Å². The number of benzene rings is 2. The number of carbonyl (C=O) groups excluding carboxylic acids is 2. The zero-order valence-corrected chi connectivity index (χ0v) is 19.8. The molecule has 2 heterocycles. The fraction of sp³-hybridized carbons (Fsp3) is 0.308. The summed E-state index contributed by atoms with van der Waals surface area (Å²) >= 11 is 1.20. The molecule has 2 N–H and O–H groups in total. The molecule has 0 spiro atoms. The van der Waals surface area contributed by atoms with E-state index in [9.17, 15) is 19.5 Å². The Morgan fingerprint density at radius 2 is 1.74 bits per heavy atom. The lowest BCUT2D eigenvalue weighted by Gasteiger charge is -2.32. The fourth-order valence-electron chi connectivity index (χ4n) is 4.91. The minimum Gasteiger partial charge on any atom is -0.480 e. The van der Waals surface area contributed by atoms with Gasteiger partial charge in [0.15, 0.2) is 5.13 Å². The average Bonchev–Trinajstić information content (AvgIpc) is 3.44. The SMILES string of the molecule is O=C(Nc1nc(CC(=O)N2CCCC[C@@H]2C(=O)O)cs1)OCC1c2ccccc2-c2ccccc21. The van der Waals surface area contributed by atoms with Crippen LogP contribution >= 0.6 is 11.3 Å². The van der Waals surface area contributed by atoms with Crippen LogP contribution in [0.25, 0.3) is 11.1 Å². The van der Waals surface area contributed by atoms with E-state index in [2.05, 4.69) is 34.6 Å². The summed E-state index contributed by atoms with van der Waals surface area (Å²) in [6, 6.07) is 15.5. The number of nitrogens with one attached hydrogen (secondary N) is 1. The Kier molecular flexibility index (Phi) is 6.50. The van der Waals surface area contributed by atoms with Gasteiger partial charge in [0.05, 0.1) is 12.1 Å². The quantitative estimate of drug-likeness (QED) is 0.525. The van der Waals surface area contributed by atoms with Crippen molar-refractivity contribution in [3.05, 3.63) is 70.7 Å². The van der Waals surface area contributed by atoms with Gasteiger partial charge in [-0.15, -0.1) is 11.3 Å². The number of nitrogens with zero attached hydrogens (tertiary/aromatic N) is 2. The molecule has 5 rings (SSSR count). The molecular formula is C26H25N3O5S. The van der Waals surface area contributed by atoms with Gasteiger partial charge in [0.25, 0.3) is 0 Å². The summed E-state index contributed by atoms with van der Waals surface area (Å²) in [5.41, 5.74) is 5.07. The molecule has 0 radical (unpaired) electrons. The van der Waals surface area contributed by atoms with Gasteiger partial charge >= 0.3 is 12.1 Å². The zero-order chi connectivity index (χ0) is 24.4. The van der Waals surface area contributed by atoms with Crippen LogP contribution in [0.2, 0.25) is 0 Å². The second kappa shape index (κ2) is 9.87. The number of carbonyl (C=O) groups is 3. The van der Waals surface area contributed by atoms with Crippen molar-refractivity contribution in [1.29, 1.82) is 0 Å². The standard InChI is InChI=1S/C26H25N3O5S/c30-23(29-12-6-5-11-22(29)24(31)32)13-16-15-35-25(27-16)28-26(33)34-14-21-19-9-3-1-7-17(19)18-8-2-4-10-20(18)21/h1-4,7-10,15,21-22H,5-6,11-14H2,(H,31,32)(H,27,28,33)/t22-/m1/s1. The molecule has 1 aliphatic carbocycles. The predicted molar refractivity (Wildman–Crippen MR) is 131 cm³/mol. The van der Waals surface area contributed by atoms with Crippen molar-refractivity contribution >= 4 is 34.4 Å². The molecule has 0 bridgehead atoms. The molecule has 2 aliphatic rings. The van der Waals surface area contributed by atoms with Crippen LogP contribution in [-0.4, -0.2) is 52.2 Å². The van der Waals surface area contributed by atoms with Crippen LogP contribution in [-0.2, 0) is 20.7 Å². The normalized spacial score (nSPS) is 16.9. The average molecular weight is 492 g/mol. The van der Waals surface area contributed by atoms with Gasteiger partial charge in [-0.25, -0.2) is 14.6 Å². The lowest BCUT2D eigenvalue weighted by Crippen LogP contribution is -2.48. The third kappa shape index (κ3) is 4.77. The monoisotopic (exact) mass is 491 g/mol. The van der Waals surface area contributed by atoms with Crippen molar-refractivity contribution in [2.24, 2.45) is 0 Å². The number of likely N-dealkylation sites (tertiary alicyclic amines) is 1. The van der Waals surface area contributed by atoms with Crippen LogP contribution in [0.4, 0.5) is 9.93 Å². The van der Waals surface area contributed by atoms with Crippen LogP contribution < -0.4 is 5.32 Å². The van der Waals surface area contributed by atoms with Gasteiger partial charge in [-0.1, -0.05) is 48.5 Å². The predicted octanol–water partition coefficient (Wildman–Crippen LogP) is 4.51. The highest BCUT2D eigenvalue weighted by atomic mass is 32.1. The minimum absolute atomic E-state index is 0.00729. The van der Waals surface area contributed by atoms with Crippen LogP contribution in [0.3, 0.4) is 0 Å². The van der Waals surface area contributed by atoms with Gasteiger partial charge in [0.2, 0.25) is 5.91 Å². The lowest BCUT2D eigenvalue weighted by molar-refractivity contribution is -0.151. The van der Waals surface area contributed by atoms with Crippen molar-refractivity contribution in [3.8, 4) is 11.1 Å². The Bertz CT molecular complexity index is 1230. The molecule has 1 saturated heterocycles. The molecular weight excluding hydrogens is 466 g/mol. The molecule has 0 saturated carbocycles. The Labute approximate surface area is 206 Å². The Morgan fingerprint density at radius 1 is 1.06 bits per heavy atom. The highest BCUT2D eigenvalue weighted by molar-refractivity contribution is 7.13. The first kappa shape index (κ1) is 23.0. The maximum Gasteiger partial charge on any atom is 0.413 e. The van der Waals surface area contributed by atoms with Gasteiger partial charge in [0.1, 0.15) is 12.6 Å². The number of aromatic nitrogens is 1. The van der Waals surface area contributed by atoms with Crippen molar-refractivity contribution in [2.45, 2.75) is 37.6 Å². The number of anilines is 1. The third-order valence-electron chi connectivity index (χ3n) is 6.54. The molecule has 0 unspecified atom stereocenters. The fourth-order valence-corrected chi connectivity index (χ4v) is 5.61. The summed E-state index contributed by atoms with van der Waals surface area (Å²) < 4.78 is 5.55. The van der Waals surface area contributed by atoms with E-state index in [1.54, 1.807) is 5.38 Å². The Morgan fingerprint density at radius 3 is 2.43 bits per heavy atom. The highest BCUT2D eigenvalue weighted by Gasteiger charge is 2.32. The molecule has 2 aromatic carbocycles. The number of piperidine rings is 1. The molecule has 180 valence electrons. The molecule has 1 aromatic heterocycles. The Balaban J connectivity index is 1.18. The molecule has 2 amide bonds. The van der Waals surface area contributed by atoms with E-state index in [1.165, 1.54) is 16.2 Å². The number of thiazole rings is 1. The van der Waals surface area contributed by atoms with Crippen LogP contribution in [0, 0.1) is 0 Å². The summed E-state index contributed by atoms with van der Waals surface area (Å²) in [6.07, 6.45) is 1.44. The van der Waals surface area contributed by atoms with Crippen molar-refractivity contribution in [1.82, 2.24) is 9.88 Å². The molecule has 1 atom stereocenters. The number of fused-ring (bicyclic) bond motifs is 3. The third-order valence-corrected chi connectivity index (χ3v) is 7.35. The van der Waals surface area contributed by atoms with E-state index >= 15 is 0 Å². The van der Waals surface area contributed by atoms with Crippen LogP contribution in [0.5, 0.6) is 0 Å². The van der Waals surface area contributed by atoms with E-state index in [0.29, 0.717) is 23.8 Å². The number of amides is 2. The molecule has 1 aliphatic heterocycles. The van der Waals surface area contributed by atoms with Gasteiger partial charge in [-0.2, -0.15) is 0 Å². The smallest absolute Gasteiger partial charge is 0.413 e. The van der Waals surface area contributed by atoms with E-state index in [1.807, 2.05) is 24.3 Å². The number of rotatable bonds is 6. The number of carboxylic acid groups (broad SMARTS) is 1. The van der Waals surface area contributed by atoms with E-state index < -0.39 is 18.1 Å². The van der Waals surface area contributed by atoms with Gasteiger partial charge < -0.3 is 14.7 Å². The largest absolute Gasteiger partial charge is 0.480 e. The van der Waals surface area contributed by atoms with Crippen molar-refractivity contribution in [3.63, 3.8) is 0 Å². The lowest BCUT2D eigenvalue weighted by atomic mass is 9.98. The summed E-state index contributed by atoms with van der Waals surface area (Å²) in [4.78, 5) is 42.4. The van der Waals surface area contributed by atoms with E-state index in [-0.39, 0.29) is 24.9 Å². The van der Waals surface area contributed by atoms with Crippen molar-refractivity contribution in [2.75, 3.05) is 18.5 Å². The minimum atomic E-state index is -0.978. The summed E-state index contributed by atoms with van der Waals surface area (Å²) in [5.74, 6) is -1.28. The van der Waals surface area contributed by atoms with Gasteiger partial charge in [-0.3, -0.25) is 10.1 Å². The molecule has 35 heavy (non-hydrogen) atoms. The van der Waals surface area contributed by atoms with Gasteiger partial charge in [-0.05, 0) is 41.5 Å². The first-order valence-corrected chi connectivity index (χ1v) is 12.5. The number of ether oxygens (including phenoxy) is 1. The van der Waals surface area contributed by atoms with E-state index in [4.69, 9.17) is 4.74 Å². The van der Waals surface area contributed by atoms with Crippen LogP contribution in [0.1, 0.15) is 42.0 Å². The number of aliphatic carboxylic acids is 1. The molecule has 3 aromatic rings. The second-order valence-electron chi connectivity index (χ2n) is 8.71. The number of hydrogen-bond donors (Lipinski definition) is 2. The van der Waals surface area contributed by atoms with E-state index in [0.717, 1.165) is 35.1 Å². The molecule has 9 heteroatoms. The summed E-state index contributed by atoms with van der Waals surface area (Å²) in [5, 5.41) is 14.1. The molecule has 1 fully saturated rings. The van der Waals surface area contributed by atoms with Gasteiger partial charge in [0, 0.05) is 17.8 Å². The maximum absolute atomic E-state index is 12.7.